The van der Waals surface area contributed by atoms with Gasteiger partial charge in [0.1, 0.15) is 6.79 Å². The van der Waals surface area contributed by atoms with E-state index in [4.69, 9.17) is 42.4 Å². The normalized spacial score (nSPS) is 28.2. The Hall–Kier alpha value is -3.08. The highest BCUT2D eigenvalue weighted by Gasteiger charge is 2.59. The molecule has 0 aliphatic carbocycles. The van der Waals surface area contributed by atoms with Gasteiger partial charge in [-0.25, -0.2) is 4.79 Å². The van der Waals surface area contributed by atoms with Gasteiger partial charge in [0, 0.05) is 53.8 Å². The molecule has 0 aromatic heterocycles. The van der Waals surface area contributed by atoms with Crippen molar-refractivity contribution in [2.45, 2.75) is 197 Å². The maximum atomic E-state index is 13.7. The molecule has 3 N–H and O–H groups in total. The largest absolute Gasteiger partial charge is 0.481 e. The molecule has 66 heavy (non-hydrogen) atoms. The van der Waals surface area contributed by atoms with Crippen molar-refractivity contribution in [1.82, 2.24) is 0 Å². The Morgan fingerprint density at radius 3 is 2.39 bits per heavy atom. The third kappa shape index (κ3) is 17.5. The van der Waals surface area contributed by atoms with Crippen LogP contribution in [0.1, 0.15) is 130 Å². The SMILES string of the molecule is C=C1C[C@@H](C[C@H]2C[C@@H](O)C[C@@H](C[C@H](CC(=O)O)OP)O2)O[C@@H](/C=C/C(C)(C)[C@]2(OC)O[C@H](C[C@@H](O)[C@@H](C)OCOCc3ccccc3)C/C(=C\C(=O)OC)[C@@H]2OC(=O)CCCCCCC)C1. The Morgan fingerprint density at radius 2 is 1.71 bits per heavy atom. The molecule has 0 saturated carbocycles. The summed E-state index contributed by atoms with van der Waals surface area (Å²) in [6.07, 6.45) is 6.58. The van der Waals surface area contributed by atoms with E-state index in [1.54, 1.807) is 6.92 Å². The zero-order chi connectivity index (χ0) is 48.3. The number of carbonyl (C=O) groups excluding carboxylic acids is 2. The number of carbonyl (C=O) groups is 3. The molecule has 4 rings (SSSR count). The summed E-state index contributed by atoms with van der Waals surface area (Å²) in [5.74, 6) is -3.79. The summed E-state index contributed by atoms with van der Waals surface area (Å²) in [6.45, 7) is 12.3. The molecule has 3 aliphatic rings. The molecule has 0 spiro atoms. The fourth-order valence-corrected chi connectivity index (χ4v) is 9.34. The van der Waals surface area contributed by atoms with Crippen molar-refractivity contribution in [2.75, 3.05) is 21.0 Å². The van der Waals surface area contributed by atoms with Crippen molar-refractivity contribution in [3.8, 4) is 0 Å². The lowest BCUT2D eigenvalue weighted by molar-refractivity contribution is -0.338. The second kappa shape index (κ2) is 27.8. The van der Waals surface area contributed by atoms with Crippen LogP contribution in [0.5, 0.6) is 0 Å². The van der Waals surface area contributed by atoms with Crippen LogP contribution >= 0.6 is 9.47 Å². The van der Waals surface area contributed by atoms with E-state index < -0.39 is 71.8 Å². The standard InChI is InChI=1S/C50H77O15P/c1-8-9-10-11-15-18-46(55)63-48-36(24-47(56)57-6)23-42(29-44(52)34(3)60-32-59-31-35-16-13-12-14-17-35)64-50(48,58-7)49(4,5)20-19-38-21-33(2)22-39(61-38)27-40-25-37(51)26-41(62-40)28-43(65-66)30-45(53)54/h12-14,16-17,19-20,24,34,37-44,48,51-52H,2,8-11,15,18,21-23,25-32,66H2,1,3-7H3,(H,53,54)/b20-19+,36-24+/t34-,37-,38+,39+,40-,41+,42+,43-,44-,48+,50-/m1/s1. The molecule has 0 radical (unpaired) electrons. The summed E-state index contributed by atoms with van der Waals surface area (Å²) in [4.78, 5) is 38.0. The minimum absolute atomic E-state index is 0.0438. The maximum Gasteiger partial charge on any atom is 0.330 e. The Kier molecular flexibility index (Phi) is 23.4. The van der Waals surface area contributed by atoms with Gasteiger partial charge >= 0.3 is 17.9 Å². The van der Waals surface area contributed by atoms with Gasteiger partial charge in [-0.3, -0.25) is 9.59 Å². The quantitative estimate of drug-likeness (QED) is 0.0193. The second-order valence-electron chi connectivity index (χ2n) is 18.6. The fraction of sp³-hybridized carbons (Fsp3) is 0.700. The number of aliphatic carboxylic acids is 1. The lowest BCUT2D eigenvalue weighted by Crippen LogP contribution is -2.63. The molecule has 3 saturated heterocycles. The first-order valence-electron chi connectivity index (χ1n) is 23.6. The summed E-state index contributed by atoms with van der Waals surface area (Å²) in [5.41, 5.74) is 1.31. The van der Waals surface area contributed by atoms with Crippen LogP contribution < -0.4 is 0 Å². The molecule has 3 aliphatic heterocycles. The summed E-state index contributed by atoms with van der Waals surface area (Å²) in [5, 5.41) is 31.6. The van der Waals surface area contributed by atoms with E-state index in [1.165, 1.54) is 20.3 Å². The monoisotopic (exact) mass is 949 g/mol. The van der Waals surface area contributed by atoms with E-state index in [0.717, 1.165) is 36.8 Å². The first-order chi connectivity index (χ1) is 31.5. The summed E-state index contributed by atoms with van der Waals surface area (Å²) >= 11 is 0. The Bertz CT molecular complexity index is 1720. The van der Waals surface area contributed by atoms with Crippen LogP contribution in [0.2, 0.25) is 0 Å². The van der Waals surface area contributed by atoms with Crippen LogP contribution in [0, 0.1) is 5.41 Å². The molecule has 3 heterocycles. The lowest BCUT2D eigenvalue weighted by Gasteiger charge is -2.53. The first kappa shape index (κ1) is 55.5. The van der Waals surface area contributed by atoms with Crippen molar-refractivity contribution >= 4 is 27.4 Å². The third-order valence-electron chi connectivity index (χ3n) is 12.7. The number of methoxy groups -OCH3 is 2. The summed E-state index contributed by atoms with van der Waals surface area (Å²) in [6, 6.07) is 9.69. The molecule has 372 valence electrons. The number of esters is 2. The predicted molar refractivity (Wildman–Crippen MR) is 250 cm³/mol. The summed E-state index contributed by atoms with van der Waals surface area (Å²) in [7, 11) is 4.87. The smallest absolute Gasteiger partial charge is 0.330 e. The predicted octanol–water partition coefficient (Wildman–Crippen LogP) is 7.85. The van der Waals surface area contributed by atoms with Crippen LogP contribution in [0.3, 0.4) is 0 Å². The van der Waals surface area contributed by atoms with Crippen molar-refractivity contribution in [2.24, 2.45) is 5.41 Å². The molecule has 15 nitrogen and oxygen atoms in total. The van der Waals surface area contributed by atoms with E-state index in [1.807, 2.05) is 56.3 Å². The molecule has 1 aromatic carbocycles. The van der Waals surface area contributed by atoms with Crippen molar-refractivity contribution in [3.63, 3.8) is 0 Å². The molecule has 1 unspecified atom stereocenters. The van der Waals surface area contributed by atoms with E-state index in [2.05, 4.69) is 23.0 Å². The van der Waals surface area contributed by atoms with Gasteiger partial charge in [-0.2, -0.15) is 0 Å². The minimum atomic E-state index is -1.71. The van der Waals surface area contributed by atoms with Crippen molar-refractivity contribution < 1.29 is 72.1 Å². The maximum absolute atomic E-state index is 13.7. The molecule has 1 aromatic rings. The second-order valence-corrected chi connectivity index (χ2v) is 18.9. The average Bonchev–Trinajstić information content (AvgIpc) is 3.27. The van der Waals surface area contributed by atoms with Crippen LogP contribution in [0.4, 0.5) is 0 Å². The third-order valence-corrected chi connectivity index (χ3v) is 13.1. The molecular formula is C50H77O15P. The van der Waals surface area contributed by atoms with E-state index in [-0.39, 0.29) is 50.8 Å². The highest BCUT2D eigenvalue weighted by molar-refractivity contribution is 7.09. The zero-order valence-corrected chi connectivity index (χ0v) is 41.1. The number of aliphatic hydroxyl groups excluding tert-OH is 2. The Labute approximate surface area is 394 Å². The molecular weight excluding hydrogens is 872 g/mol. The molecule has 0 bridgehead atoms. The minimum Gasteiger partial charge on any atom is -0.481 e. The van der Waals surface area contributed by atoms with Gasteiger partial charge in [0.15, 0.2) is 6.10 Å². The Morgan fingerprint density at radius 1 is 0.985 bits per heavy atom. The van der Waals surface area contributed by atoms with Crippen molar-refractivity contribution in [1.29, 1.82) is 0 Å². The number of unbranched alkanes of at least 4 members (excludes halogenated alkanes) is 4. The number of aliphatic hydroxyl groups is 2. The lowest BCUT2D eigenvalue weighted by atomic mass is 9.73. The highest BCUT2D eigenvalue weighted by atomic mass is 31.0. The van der Waals surface area contributed by atoms with Gasteiger partial charge in [-0.15, -0.1) is 0 Å². The van der Waals surface area contributed by atoms with Gasteiger partial charge in [-0.1, -0.05) is 101 Å². The van der Waals surface area contributed by atoms with Crippen LogP contribution in [0.15, 0.2) is 66.3 Å². The highest BCUT2D eigenvalue weighted by Crippen LogP contribution is 2.49. The summed E-state index contributed by atoms with van der Waals surface area (Å²) < 4.78 is 54.6. The number of hydrogen-bond acceptors (Lipinski definition) is 14. The van der Waals surface area contributed by atoms with Gasteiger partial charge in [-0.05, 0) is 56.6 Å². The fourth-order valence-electron chi connectivity index (χ4n) is 9.13. The number of ether oxygens (including phenoxy) is 8. The number of benzene rings is 1. The number of carboxylic acid groups (broad SMARTS) is 1. The van der Waals surface area contributed by atoms with Crippen LogP contribution in [-0.4, -0.2) is 121 Å². The molecule has 16 heteroatoms. The zero-order valence-electron chi connectivity index (χ0n) is 39.9. The number of hydrogen-bond donors (Lipinski definition) is 3. The van der Waals surface area contributed by atoms with E-state index in [9.17, 15) is 29.7 Å². The molecule has 3 fully saturated rings. The van der Waals surface area contributed by atoms with E-state index in [0.29, 0.717) is 57.1 Å². The van der Waals surface area contributed by atoms with Gasteiger partial charge in [0.25, 0.3) is 0 Å². The van der Waals surface area contributed by atoms with Gasteiger partial charge in [0.05, 0.1) is 75.1 Å². The molecule has 12 atom stereocenters. The van der Waals surface area contributed by atoms with Crippen molar-refractivity contribution in [3.05, 3.63) is 71.8 Å². The first-order valence-corrected chi connectivity index (χ1v) is 24.0. The Balaban J connectivity index is 1.56. The molecule has 0 amide bonds. The topological polar surface area (TPSA) is 195 Å². The van der Waals surface area contributed by atoms with Gasteiger partial charge in [0.2, 0.25) is 5.79 Å². The van der Waals surface area contributed by atoms with E-state index >= 15 is 0 Å². The average molecular weight is 949 g/mol. The van der Waals surface area contributed by atoms with Gasteiger partial charge < -0.3 is 57.7 Å². The van der Waals surface area contributed by atoms with Crippen LogP contribution in [0.25, 0.3) is 0 Å². The number of carboxylic acids is 1. The van der Waals surface area contributed by atoms with Crippen LogP contribution in [-0.2, 0) is 63.4 Å². The number of rotatable bonds is 27.